The standard InChI is InChI=1S/C22H40N6O.HI/c1-2-23-22(25-16-18-29-19-11-6-3-4-7-12-19)24-15-10-14-21-27-26-20-13-8-5-9-17-28(20)21;/h19H,2-18H2,1H3,(H2,23,24,25);1H. The molecule has 2 N–H and O–H groups in total. The third-order valence-electron chi connectivity index (χ3n) is 5.91. The van der Waals surface area contributed by atoms with Gasteiger partial charge < -0.3 is 19.9 Å². The van der Waals surface area contributed by atoms with Crippen LogP contribution in [-0.2, 0) is 24.1 Å². The Kier molecular flexibility index (Phi) is 12.7. The van der Waals surface area contributed by atoms with Crippen LogP contribution in [0.15, 0.2) is 4.99 Å². The number of aromatic nitrogens is 3. The maximum atomic E-state index is 6.07. The highest BCUT2D eigenvalue weighted by atomic mass is 127. The molecule has 0 aromatic carbocycles. The van der Waals surface area contributed by atoms with Crippen LogP contribution < -0.4 is 10.6 Å². The number of guanidine groups is 1. The van der Waals surface area contributed by atoms with Gasteiger partial charge in [-0.05, 0) is 39.0 Å². The predicted octanol–water partition coefficient (Wildman–Crippen LogP) is 3.85. The van der Waals surface area contributed by atoms with Crippen molar-refractivity contribution in [2.24, 2.45) is 4.99 Å². The van der Waals surface area contributed by atoms with E-state index in [9.17, 15) is 0 Å². The SMILES string of the molecule is CCNC(=NCCCc1nnc2n1CCCCC2)NCCOC1CCCCCC1.I. The lowest BCUT2D eigenvalue weighted by atomic mass is 10.1. The Labute approximate surface area is 199 Å². The molecule has 172 valence electrons. The van der Waals surface area contributed by atoms with Gasteiger partial charge in [0.15, 0.2) is 5.96 Å². The molecule has 2 aliphatic rings. The van der Waals surface area contributed by atoms with Crippen molar-refractivity contribution in [3.8, 4) is 0 Å². The Morgan fingerprint density at radius 1 is 1.07 bits per heavy atom. The predicted molar refractivity (Wildman–Crippen MR) is 133 cm³/mol. The van der Waals surface area contributed by atoms with E-state index in [0.29, 0.717) is 6.10 Å². The molecule has 30 heavy (non-hydrogen) atoms. The average molecular weight is 533 g/mol. The minimum absolute atomic E-state index is 0. The van der Waals surface area contributed by atoms with Gasteiger partial charge in [0.05, 0.1) is 12.7 Å². The van der Waals surface area contributed by atoms with Gasteiger partial charge in [-0.1, -0.05) is 32.1 Å². The van der Waals surface area contributed by atoms with Crippen LogP contribution >= 0.6 is 24.0 Å². The highest BCUT2D eigenvalue weighted by molar-refractivity contribution is 14.0. The van der Waals surface area contributed by atoms with Gasteiger partial charge in [-0.2, -0.15) is 0 Å². The molecule has 0 saturated heterocycles. The first-order chi connectivity index (χ1) is 14.4. The second-order valence-corrected chi connectivity index (χ2v) is 8.27. The molecule has 0 unspecified atom stereocenters. The summed E-state index contributed by atoms with van der Waals surface area (Å²) >= 11 is 0. The molecule has 0 spiro atoms. The zero-order valence-corrected chi connectivity index (χ0v) is 21.0. The molecule has 8 heteroatoms. The van der Waals surface area contributed by atoms with Crippen molar-refractivity contribution in [2.45, 2.75) is 96.6 Å². The Hall–Kier alpha value is -0.900. The van der Waals surface area contributed by atoms with Crippen LogP contribution in [-0.4, -0.2) is 53.1 Å². The van der Waals surface area contributed by atoms with Crippen LogP contribution in [0, 0.1) is 0 Å². The Morgan fingerprint density at radius 2 is 1.87 bits per heavy atom. The number of nitrogens with zero attached hydrogens (tertiary/aromatic N) is 4. The van der Waals surface area contributed by atoms with Crippen molar-refractivity contribution in [2.75, 3.05) is 26.2 Å². The van der Waals surface area contributed by atoms with Crippen LogP contribution in [0.5, 0.6) is 0 Å². The summed E-state index contributed by atoms with van der Waals surface area (Å²) in [6.45, 7) is 6.39. The fourth-order valence-electron chi connectivity index (χ4n) is 4.30. The molecule has 2 heterocycles. The number of aryl methyl sites for hydroxylation is 2. The maximum absolute atomic E-state index is 6.07. The third-order valence-corrected chi connectivity index (χ3v) is 5.91. The molecule has 1 aromatic rings. The molecular formula is C22H41IN6O. The molecule has 0 bridgehead atoms. The monoisotopic (exact) mass is 532 g/mol. The number of fused-ring (bicyclic) bond motifs is 1. The number of hydrogen-bond acceptors (Lipinski definition) is 4. The van der Waals surface area contributed by atoms with Crippen LogP contribution in [0.2, 0.25) is 0 Å². The molecule has 7 nitrogen and oxygen atoms in total. The number of halogens is 1. The summed E-state index contributed by atoms with van der Waals surface area (Å²) < 4.78 is 8.40. The van der Waals surface area contributed by atoms with Crippen LogP contribution in [0.3, 0.4) is 0 Å². The van der Waals surface area contributed by atoms with E-state index in [0.717, 1.165) is 63.8 Å². The number of ether oxygens (including phenoxy) is 1. The number of hydrogen-bond donors (Lipinski definition) is 2. The quantitative estimate of drug-likeness (QED) is 0.166. The summed E-state index contributed by atoms with van der Waals surface area (Å²) in [5.41, 5.74) is 0. The highest BCUT2D eigenvalue weighted by Gasteiger charge is 2.14. The Bertz CT molecular complexity index is 613. The molecule has 3 rings (SSSR count). The first kappa shape index (κ1) is 25.4. The van der Waals surface area contributed by atoms with E-state index < -0.39 is 0 Å². The summed E-state index contributed by atoms with van der Waals surface area (Å²) in [4.78, 5) is 4.72. The Morgan fingerprint density at radius 3 is 2.67 bits per heavy atom. The molecule has 1 saturated carbocycles. The normalized spacial score (nSPS) is 18.1. The van der Waals surface area contributed by atoms with Gasteiger partial charge in [-0.25, -0.2) is 0 Å². The van der Waals surface area contributed by atoms with Gasteiger partial charge in [-0.15, -0.1) is 34.2 Å². The molecule has 1 aliphatic carbocycles. The average Bonchev–Trinajstić information content (AvgIpc) is 2.93. The number of rotatable bonds is 9. The van der Waals surface area contributed by atoms with Crippen molar-refractivity contribution < 1.29 is 4.74 Å². The summed E-state index contributed by atoms with van der Waals surface area (Å²) in [7, 11) is 0. The smallest absolute Gasteiger partial charge is 0.191 e. The van der Waals surface area contributed by atoms with Crippen molar-refractivity contribution in [1.29, 1.82) is 0 Å². The van der Waals surface area contributed by atoms with E-state index in [1.807, 2.05) is 0 Å². The van der Waals surface area contributed by atoms with E-state index in [1.54, 1.807) is 0 Å². The molecule has 1 fully saturated rings. The second kappa shape index (κ2) is 15.0. The molecule has 0 radical (unpaired) electrons. The van der Waals surface area contributed by atoms with E-state index in [1.165, 1.54) is 63.6 Å². The van der Waals surface area contributed by atoms with Gasteiger partial charge >= 0.3 is 0 Å². The van der Waals surface area contributed by atoms with Gasteiger partial charge in [0.1, 0.15) is 11.6 Å². The lowest BCUT2D eigenvalue weighted by Gasteiger charge is -2.16. The summed E-state index contributed by atoms with van der Waals surface area (Å²) in [6.07, 6.45) is 15.1. The zero-order valence-electron chi connectivity index (χ0n) is 18.7. The minimum Gasteiger partial charge on any atom is -0.376 e. The summed E-state index contributed by atoms with van der Waals surface area (Å²) in [6, 6.07) is 0. The van der Waals surface area contributed by atoms with Crippen molar-refractivity contribution in [3.63, 3.8) is 0 Å². The molecular weight excluding hydrogens is 491 g/mol. The first-order valence-corrected chi connectivity index (χ1v) is 11.9. The largest absolute Gasteiger partial charge is 0.376 e. The van der Waals surface area contributed by atoms with Crippen molar-refractivity contribution in [1.82, 2.24) is 25.4 Å². The minimum atomic E-state index is 0. The van der Waals surface area contributed by atoms with Crippen LogP contribution in [0.25, 0.3) is 0 Å². The van der Waals surface area contributed by atoms with Crippen molar-refractivity contribution in [3.05, 3.63) is 11.6 Å². The lowest BCUT2D eigenvalue weighted by Crippen LogP contribution is -2.39. The lowest BCUT2D eigenvalue weighted by molar-refractivity contribution is 0.0468. The second-order valence-electron chi connectivity index (χ2n) is 8.27. The van der Waals surface area contributed by atoms with E-state index in [-0.39, 0.29) is 24.0 Å². The van der Waals surface area contributed by atoms with Gasteiger partial charge in [-0.3, -0.25) is 4.99 Å². The summed E-state index contributed by atoms with van der Waals surface area (Å²) in [5.74, 6) is 3.19. The Balaban J connectivity index is 0.00000320. The van der Waals surface area contributed by atoms with Gasteiger partial charge in [0.25, 0.3) is 0 Å². The van der Waals surface area contributed by atoms with Crippen molar-refractivity contribution >= 4 is 29.9 Å². The summed E-state index contributed by atoms with van der Waals surface area (Å²) in [5, 5.41) is 15.6. The number of nitrogens with one attached hydrogen (secondary N) is 2. The van der Waals surface area contributed by atoms with E-state index in [2.05, 4.69) is 32.3 Å². The van der Waals surface area contributed by atoms with Gasteiger partial charge in [0, 0.05) is 39.0 Å². The molecule has 0 atom stereocenters. The molecule has 1 aromatic heterocycles. The number of aliphatic imine (C=N–C) groups is 1. The third kappa shape index (κ3) is 8.69. The fourth-order valence-corrected chi connectivity index (χ4v) is 4.30. The maximum Gasteiger partial charge on any atom is 0.191 e. The van der Waals surface area contributed by atoms with Crippen LogP contribution in [0.4, 0.5) is 0 Å². The van der Waals surface area contributed by atoms with Crippen LogP contribution in [0.1, 0.15) is 82.8 Å². The zero-order chi connectivity index (χ0) is 20.2. The van der Waals surface area contributed by atoms with Gasteiger partial charge in [0.2, 0.25) is 0 Å². The van der Waals surface area contributed by atoms with E-state index in [4.69, 9.17) is 9.73 Å². The molecule has 1 aliphatic heterocycles. The van der Waals surface area contributed by atoms with E-state index >= 15 is 0 Å². The highest BCUT2D eigenvalue weighted by Crippen LogP contribution is 2.19. The fraction of sp³-hybridized carbons (Fsp3) is 0.864. The molecule has 0 amide bonds. The first-order valence-electron chi connectivity index (χ1n) is 11.9. The topological polar surface area (TPSA) is 76.4 Å².